The summed E-state index contributed by atoms with van der Waals surface area (Å²) in [7, 11) is 1.38. The summed E-state index contributed by atoms with van der Waals surface area (Å²) in [6.07, 6.45) is 0.269. The molecule has 0 amide bonds. The van der Waals surface area contributed by atoms with Crippen LogP contribution in [0.25, 0.3) is 10.9 Å². The average Bonchev–Trinajstić information content (AvgIpc) is 3.27. The first-order valence-corrected chi connectivity index (χ1v) is 9.94. The number of hydrogen-bond acceptors (Lipinski definition) is 6. The Morgan fingerprint density at radius 2 is 1.97 bits per heavy atom. The van der Waals surface area contributed by atoms with Crippen molar-refractivity contribution in [3.8, 4) is 5.75 Å². The fourth-order valence-corrected chi connectivity index (χ4v) is 3.59. The van der Waals surface area contributed by atoms with Crippen LogP contribution in [0.1, 0.15) is 30.2 Å². The van der Waals surface area contributed by atoms with Gasteiger partial charge in [-0.1, -0.05) is 23.4 Å². The summed E-state index contributed by atoms with van der Waals surface area (Å²) in [6.45, 7) is 4.24. The Kier molecular flexibility index (Phi) is 5.65. The van der Waals surface area contributed by atoms with Gasteiger partial charge in [-0.2, -0.15) is 0 Å². The Balaban J connectivity index is 1.41. The number of hydrogen-bond donors (Lipinski definition) is 0. The van der Waals surface area contributed by atoms with Crippen molar-refractivity contribution in [1.29, 1.82) is 0 Å². The predicted molar refractivity (Wildman–Crippen MR) is 114 cm³/mol. The molecule has 4 rings (SSSR count). The molecule has 0 spiro atoms. The van der Waals surface area contributed by atoms with Crippen LogP contribution in [0.4, 0.5) is 0 Å². The Morgan fingerprint density at radius 1 is 1.20 bits per heavy atom. The van der Waals surface area contributed by atoms with Crippen molar-refractivity contribution in [2.75, 3.05) is 7.11 Å². The Morgan fingerprint density at radius 3 is 2.73 bits per heavy atom. The van der Waals surface area contributed by atoms with Crippen LogP contribution in [0, 0.1) is 12.8 Å². The highest BCUT2D eigenvalue weighted by Gasteiger charge is 2.32. The lowest BCUT2D eigenvalue weighted by atomic mass is 9.97. The highest BCUT2D eigenvalue weighted by molar-refractivity contribution is 6.01. The maximum Gasteiger partial charge on any atom is 0.312 e. The van der Waals surface area contributed by atoms with Crippen LogP contribution >= 0.6 is 0 Å². The molecule has 30 heavy (non-hydrogen) atoms. The first-order valence-electron chi connectivity index (χ1n) is 9.94. The minimum Gasteiger partial charge on any atom is -0.489 e. The number of para-hydroxylation sites is 1. The summed E-state index contributed by atoms with van der Waals surface area (Å²) in [5.41, 5.74) is 4.82. The predicted octanol–water partition coefficient (Wildman–Crippen LogP) is 4.42. The third-order valence-corrected chi connectivity index (χ3v) is 5.34. The van der Waals surface area contributed by atoms with Gasteiger partial charge in [0.2, 0.25) is 0 Å². The number of esters is 1. The normalized spacial score (nSPS) is 16.6. The van der Waals surface area contributed by atoms with Gasteiger partial charge in [-0.3, -0.25) is 9.78 Å². The topological polar surface area (TPSA) is 70.0 Å². The number of carbonyl (C=O) groups is 1. The third kappa shape index (κ3) is 4.13. The second-order valence-electron chi connectivity index (χ2n) is 7.45. The highest BCUT2D eigenvalue weighted by Crippen LogP contribution is 2.25. The molecule has 0 bridgehead atoms. The van der Waals surface area contributed by atoms with Crippen molar-refractivity contribution in [3.05, 3.63) is 71.4 Å². The van der Waals surface area contributed by atoms with Crippen molar-refractivity contribution in [2.45, 2.75) is 33.0 Å². The second-order valence-corrected chi connectivity index (χ2v) is 7.45. The van der Waals surface area contributed by atoms with Crippen LogP contribution in [0.3, 0.4) is 0 Å². The molecule has 0 saturated carbocycles. The molecule has 2 aromatic carbocycles. The molecule has 2 unspecified atom stereocenters. The van der Waals surface area contributed by atoms with E-state index >= 15 is 0 Å². The number of carbonyl (C=O) groups excluding carboxylic acids is 1. The SMILES string of the molecule is COC(=O)C(C)C1CC(c2ccc(OCc3cc(C)nc4ccccc34)cc2)=NO1. The number of rotatable bonds is 6. The Bertz CT molecular complexity index is 1090. The fourth-order valence-electron chi connectivity index (χ4n) is 3.59. The zero-order valence-electron chi connectivity index (χ0n) is 17.3. The van der Waals surface area contributed by atoms with E-state index in [1.54, 1.807) is 6.92 Å². The highest BCUT2D eigenvalue weighted by atomic mass is 16.6. The minimum atomic E-state index is -0.363. The van der Waals surface area contributed by atoms with Crippen molar-refractivity contribution >= 4 is 22.6 Å². The van der Waals surface area contributed by atoms with E-state index in [4.69, 9.17) is 14.3 Å². The number of ether oxygens (including phenoxy) is 2. The molecule has 1 aliphatic heterocycles. The summed E-state index contributed by atoms with van der Waals surface area (Å²) in [5, 5.41) is 5.25. The third-order valence-electron chi connectivity index (χ3n) is 5.34. The fraction of sp³-hybridized carbons (Fsp3) is 0.292. The van der Waals surface area contributed by atoms with E-state index in [0.717, 1.165) is 39.2 Å². The summed E-state index contributed by atoms with van der Waals surface area (Å²) in [4.78, 5) is 21.7. The van der Waals surface area contributed by atoms with Crippen LogP contribution < -0.4 is 4.74 Å². The largest absolute Gasteiger partial charge is 0.489 e. The van der Waals surface area contributed by atoms with Gasteiger partial charge >= 0.3 is 5.97 Å². The Labute approximate surface area is 175 Å². The molecule has 0 fully saturated rings. The molecule has 3 aromatic rings. The molecule has 6 nitrogen and oxygen atoms in total. The van der Waals surface area contributed by atoms with Crippen molar-refractivity contribution < 1.29 is 19.1 Å². The Hall–Kier alpha value is -3.41. The maximum absolute atomic E-state index is 11.7. The molecule has 2 heterocycles. The number of pyridine rings is 1. The van der Waals surface area contributed by atoms with Crippen LogP contribution in [0.2, 0.25) is 0 Å². The second kappa shape index (κ2) is 8.53. The molecule has 0 aliphatic carbocycles. The van der Waals surface area contributed by atoms with Crippen LogP contribution in [0.5, 0.6) is 5.75 Å². The molecule has 0 N–H and O–H groups in total. The number of benzene rings is 2. The number of fused-ring (bicyclic) bond motifs is 1. The molecule has 0 radical (unpaired) electrons. The summed E-state index contributed by atoms with van der Waals surface area (Å²) < 4.78 is 10.8. The first-order chi connectivity index (χ1) is 14.5. The monoisotopic (exact) mass is 404 g/mol. The van der Waals surface area contributed by atoms with Gasteiger partial charge in [-0.05, 0) is 55.8 Å². The smallest absolute Gasteiger partial charge is 0.312 e. The van der Waals surface area contributed by atoms with Gasteiger partial charge in [0.1, 0.15) is 18.5 Å². The molecule has 2 atom stereocenters. The van der Waals surface area contributed by atoms with E-state index in [9.17, 15) is 4.79 Å². The number of aromatic nitrogens is 1. The lowest BCUT2D eigenvalue weighted by molar-refractivity contribution is -0.149. The van der Waals surface area contributed by atoms with E-state index in [1.165, 1.54) is 7.11 Å². The van der Waals surface area contributed by atoms with E-state index < -0.39 is 0 Å². The van der Waals surface area contributed by atoms with Gasteiger partial charge < -0.3 is 14.3 Å². The van der Waals surface area contributed by atoms with E-state index in [0.29, 0.717) is 13.0 Å². The van der Waals surface area contributed by atoms with Gasteiger partial charge in [-0.15, -0.1) is 0 Å². The molecule has 154 valence electrons. The first kappa shape index (κ1) is 19.9. The lowest BCUT2D eigenvalue weighted by Gasteiger charge is -2.14. The van der Waals surface area contributed by atoms with E-state index in [2.05, 4.69) is 22.3 Å². The van der Waals surface area contributed by atoms with Gasteiger partial charge in [-0.25, -0.2) is 0 Å². The molecular formula is C24H24N2O4. The van der Waals surface area contributed by atoms with Gasteiger partial charge in [0.25, 0.3) is 0 Å². The van der Waals surface area contributed by atoms with Gasteiger partial charge in [0.05, 0.1) is 24.3 Å². The van der Waals surface area contributed by atoms with Crippen LogP contribution in [-0.4, -0.2) is 29.9 Å². The number of methoxy groups -OCH3 is 1. The van der Waals surface area contributed by atoms with Crippen molar-refractivity contribution in [1.82, 2.24) is 4.98 Å². The van der Waals surface area contributed by atoms with Crippen LogP contribution in [-0.2, 0) is 21.0 Å². The summed E-state index contributed by atoms with van der Waals surface area (Å²) in [5.74, 6) is 0.118. The molecule has 1 aromatic heterocycles. The lowest BCUT2D eigenvalue weighted by Crippen LogP contribution is -2.27. The minimum absolute atomic E-state index is 0.293. The maximum atomic E-state index is 11.7. The average molecular weight is 404 g/mol. The quantitative estimate of drug-likeness (QED) is 0.569. The van der Waals surface area contributed by atoms with Gasteiger partial charge in [0, 0.05) is 23.1 Å². The van der Waals surface area contributed by atoms with Crippen molar-refractivity contribution in [3.63, 3.8) is 0 Å². The molecule has 0 saturated heterocycles. The zero-order chi connectivity index (χ0) is 21.1. The molecule has 1 aliphatic rings. The number of nitrogens with zero attached hydrogens (tertiary/aromatic N) is 2. The zero-order valence-corrected chi connectivity index (χ0v) is 17.3. The summed E-state index contributed by atoms with van der Waals surface area (Å²) in [6, 6.07) is 17.9. The van der Waals surface area contributed by atoms with E-state index in [1.807, 2.05) is 49.4 Å². The number of aryl methyl sites for hydroxylation is 1. The van der Waals surface area contributed by atoms with Crippen LogP contribution in [0.15, 0.2) is 59.8 Å². The summed E-state index contributed by atoms with van der Waals surface area (Å²) >= 11 is 0. The molecule has 6 heteroatoms. The number of oxime groups is 1. The standard InChI is InChI=1S/C24H24N2O4/c1-15-12-18(20-6-4-5-7-21(20)25-15)14-29-19-10-8-17(9-11-19)22-13-23(30-26-22)16(2)24(27)28-3/h4-12,16,23H,13-14H2,1-3H3. The van der Waals surface area contributed by atoms with E-state index in [-0.39, 0.29) is 18.0 Å². The van der Waals surface area contributed by atoms with Gasteiger partial charge in [0.15, 0.2) is 0 Å². The van der Waals surface area contributed by atoms with Crippen molar-refractivity contribution in [2.24, 2.45) is 11.1 Å². The molecular weight excluding hydrogens is 380 g/mol.